The predicted molar refractivity (Wildman–Crippen MR) is 105 cm³/mol. The lowest BCUT2D eigenvalue weighted by molar-refractivity contribution is 0.151. The molecule has 0 aliphatic carbocycles. The fraction of sp³-hybridized carbons (Fsp3) is 0.318. The Hall–Kier alpha value is -2.43. The SMILES string of the molecule is COc1ccccc1C1CNCCN1Cc1cc(C)c2ncccc2c1. The van der Waals surface area contributed by atoms with Crippen LogP contribution in [0.25, 0.3) is 10.9 Å². The molecule has 1 aliphatic rings. The highest BCUT2D eigenvalue weighted by Crippen LogP contribution is 2.31. The van der Waals surface area contributed by atoms with Gasteiger partial charge in [0.05, 0.1) is 18.7 Å². The average molecular weight is 347 g/mol. The molecular weight excluding hydrogens is 322 g/mol. The molecular formula is C22H25N3O. The molecule has 2 heterocycles. The fourth-order valence-corrected chi connectivity index (χ4v) is 3.96. The fourth-order valence-electron chi connectivity index (χ4n) is 3.96. The van der Waals surface area contributed by atoms with Crippen molar-refractivity contribution in [1.29, 1.82) is 0 Å². The minimum Gasteiger partial charge on any atom is -0.496 e. The summed E-state index contributed by atoms with van der Waals surface area (Å²) in [6.45, 7) is 6.05. The number of pyridine rings is 1. The summed E-state index contributed by atoms with van der Waals surface area (Å²) in [4.78, 5) is 7.06. The molecule has 0 spiro atoms. The highest BCUT2D eigenvalue weighted by Gasteiger charge is 2.26. The molecule has 2 aromatic carbocycles. The van der Waals surface area contributed by atoms with Crippen molar-refractivity contribution in [3.63, 3.8) is 0 Å². The maximum absolute atomic E-state index is 5.61. The van der Waals surface area contributed by atoms with Crippen LogP contribution in [-0.2, 0) is 6.54 Å². The molecule has 134 valence electrons. The van der Waals surface area contributed by atoms with Crippen LogP contribution in [0.1, 0.15) is 22.7 Å². The van der Waals surface area contributed by atoms with Gasteiger partial charge >= 0.3 is 0 Å². The molecule has 26 heavy (non-hydrogen) atoms. The first kappa shape index (κ1) is 17.0. The summed E-state index contributed by atoms with van der Waals surface area (Å²) in [5.41, 5.74) is 4.92. The van der Waals surface area contributed by atoms with E-state index in [4.69, 9.17) is 4.74 Å². The van der Waals surface area contributed by atoms with Gasteiger partial charge in [-0.3, -0.25) is 9.88 Å². The normalized spacial score (nSPS) is 18.2. The van der Waals surface area contributed by atoms with Crippen LogP contribution in [0.15, 0.2) is 54.7 Å². The van der Waals surface area contributed by atoms with Gasteiger partial charge in [-0.2, -0.15) is 0 Å². The lowest BCUT2D eigenvalue weighted by Gasteiger charge is -2.37. The lowest BCUT2D eigenvalue weighted by Crippen LogP contribution is -2.45. The van der Waals surface area contributed by atoms with Crippen molar-refractivity contribution in [2.24, 2.45) is 0 Å². The van der Waals surface area contributed by atoms with Gasteiger partial charge in [-0.1, -0.05) is 30.3 Å². The Morgan fingerprint density at radius 1 is 1.19 bits per heavy atom. The van der Waals surface area contributed by atoms with Crippen molar-refractivity contribution < 1.29 is 4.74 Å². The zero-order valence-electron chi connectivity index (χ0n) is 15.4. The second-order valence-electron chi connectivity index (χ2n) is 6.92. The third-order valence-corrected chi connectivity index (χ3v) is 5.19. The lowest BCUT2D eigenvalue weighted by atomic mass is 10.00. The summed E-state index contributed by atoms with van der Waals surface area (Å²) in [7, 11) is 1.75. The molecule has 4 heteroatoms. The molecule has 0 saturated carbocycles. The molecule has 1 fully saturated rings. The summed E-state index contributed by atoms with van der Waals surface area (Å²) >= 11 is 0. The molecule has 0 radical (unpaired) electrons. The zero-order chi connectivity index (χ0) is 17.9. The van der Waals surface area contributed by atoms with Gasteiger partial charge < -0.3 is 10.1 Å². The van der Waals surface area contributed by atoms with E-state index in [0.29, 0.717) is 6.04 Å². The molecule has 1 atom stereocenters. The zero-order valence-corrected chi connectivity index (χ0v) is 15.4. The average Bonchev–Trinajstić information content (AvgIpc) is 2.68. The second-order valence-corrected chi connectivity index (χ2v) is 6.92. The number of fused-ring (bicyclic) bond motifs is 1. The Morgan fingerprint density at radius 3 is 2.96 bits per heavy atom. The Labute approximate surface area is 154 Å². The Kier molecular flexibility index (Phi) is 4.87. The van der Waals surface area contributed by atoms with Gasteiger partial charge in [0.15, 0.2) is 0 Å². The molecule has 1 unspecified atom stereocenters. The Morgan fingerprint density at radius 2 is 2.08 bits per heavy atom. The number of methoxy groups -OCH3 is 1. The van der Waals surface area contributed by atoms with Gasteiger partial charge in [0.2, 0.25) is 0 Å². The van der Waals surface area contributed by atoms with E-state index in [0.717, 1.165) is 37.4 Å². The number of rotatable bonds is 4. The number of ether oxygens (including phenoxy) is 1. The summed E-state index contributed by atoms with van der Waals surface area (Å²) in [6, 6.07) is 17.4. The van der Waals surface area contributed by atoms with Crippen LogP contribution in [-0.4, -0.2) is 36.6 Å². The number of hydrogen-bond donors (Lipinski definition) is 1. The first-order chi connectivity index (χ1) is 12.8. The minimum atomic E-state index is 0.310. The van der Waals surface area contributed by atoms with Gasteiger partial charge in [0, 0.05) is 43.3 Å². The van der Waals surface area contributed by atoms with E-state index < -0.39 is 0 Å². The van der Waals surface area contributed by atoms with E-state index in [-0.39, 0.29) is 0 Å². The second kappa shape index (κ2) is 7.44. The predicted octanol–water partition coefficient (Wildman–Crippen LogP) is 3.70. The number of nitrogens with zero attached hydrogens (tertiary/aromatic N) is 2. The molecule has 1 aliphatic heterocycles. The van der Waals surface area contributed by atoms with Crippen LogP contribution >= 0.6 is 0 Å². The number of nitrogens with one attached hydrogen (secondary N) is 1. The van der Waals surface area contributed by atoms with E-state index >= 15 is 0 Å². The first-order valence-corrected chi connectivity index (χ1v) is 9.18. The third-order valence-electron chi connectivity index (χ3n) is 5.19. The highest BCUT2D eigenvalue weighted by molar-refractivity contribution is 5.82. The molecule has 4 nitrogen and oxygen atoms in total. The van der Waals surface area contributed by atoms with Crippen molar-refractivity contribution in [2.75, 3.05) is 26.7 Å². The van der Waals surface area contributed by atoms with Crippen LogP contribution in [0, 0.1) is 6.92 Å². The standard InChI is InChI=1S/C22H25N3O/c1-16-12-17(13-18-6-5-9-24-22(16)18)15-25-11-10-23-14-20(25)19-7-3-4-8-21(19)26-2/h3-9,12-13,20,23H,10-11,14-15H2,1-2H3. The number of hydrogen-bond acceptors (Lipinski definition) is 4. The molecule has 1 saturated heterocycles. The molecule has 0 bridgehead atoms. The van der Waals surface area contributed by atoms with Crippen LogP contribution in [0.4, 0.5) is 0 Å². The van der Waals surface area contributed by atoms with Gasteiger partial charge in [-0.25, -0.2) is 0 Å². The molecule has 4 rings (SSSR count). The molecule has 0 amide bonds. The largest absolute Gasteiger partial charge is 0.496 e. The maximum Gasteiger partial charge on any atom is 0.123 e. The minimum absolute atomic E-state index is 0.310. The number of para-hydroxylation sites is 1. The maximum atomic E-state index is 5.61. The van der Waals surface area contributed by atoms with E-state index in [1.54, 1.807) is 7.11 Å². The van der Waals surface area contributed by atoms with E-state index in [1.807, 2.05) is 24.4 Å². The quantitative estimate of drug-likeness (QED) is 0.781. The summed E-state index contributed by atoms with van der Waals surface area (Å²) < 4.78 is 5.61. The Bertz CT molecular complexity index is 909. The third kappa shape index (κ3) is 3.30. The van der Waals surface area contributed by atoms with Gasteiger partial charge in [-0.05, 0) is 36.2 Å². The topological polar surface area (TPSA) is 37.4 Å². The number of aryl methyl sites for hydroxylation is 1. The van der Waals surface area contributed by atoms with Crippen molar-refractivity contribution >= 4 is 10.9 Å². The van der Waals surface area contributed by atoms with E-state index in [1.165, 1.54) is 22.1 Å². The van der Waals surface area contributed by atoms with Gasteiger partial charge in [-0.15, -0.1) is 0 Å². The molecule has 1 N–H and O–H groups in total. The van der Waals surface area contributed by atoms with Crippen molar-refractivity contribution in [3.05, 3.63) is 71.4 Å². The van der Waals surface area contributed by atoms with Crippen molar-refractivity contribution in [3.8, 4) is 5.75 Å². The molecule has 1 aromatic heterocycles. The summed E-state index contributed by atoms with van der Waals surface area (Å²) in [5.74, 6) is 0.963. The summed E-state index contributed by atoms with van der Waals surface area (Å²) in [5, 5.41) is 4.75. The van der Waals surface area contributed by atoms with Crippen molar-refractivity contribution in [2.45, 2.75) is 19.5 Å². The van der Waals surface area contributed by atoms with Gasteiger partial charge in [0.25, 0.3) is 0 Å². The highest BCUT2D eigenvalue weighted by atomic mass is 16.5. The van der Waals surface area contributed by atoms with Crippen LogP contribution in [0.2, 0.25) is 0 Å². The number of piperazine rings is 1. The monoisotopic (exact) mass is 347 g/mol. The Balaban J connectivity index is 1.65. The summed E-state index contributed by atoms with van der Waals surface area (Å²) in [6.07, 6.45) is 1.86. The molecule has 3 aromatic rings. The number of aromatic nitrogens is 1. The van der Waals surface area contributed by atoms with E-state index in [2.05, 4.69) is 52.5 Å². The smallest absolute Gasteiger partial charge is 0.123 e. The van der Waals surface area contributed by atoms with Crippen LogP contribution in [0.5, 0.6) is 5.75 Å². The van der Waals surface area contributed by atoms with Crippen LogP contribution in [0.3, 0.4) is 0 Å². The van der Waals surface area contributed by atoms with Crippen molar-refractivity contribution in [1.82, 2.24) is 15.2 Å². The van der Waals surface area contributed by atoms with Crippen LogP contribution < -0.4 is 10.1 Å². The van der Waals surface area contributed by atoms with E-state index in [9.17, 15) is 0 Å². The number of benzene rings is 2. The van der Waals surface area contributed by atoms with Gasteiger partial charge in [0.1, 0.15) is 5.75 Å². The first-order valence-electron chi connectivity index (χ1n) is 9.18.